The van der Waals surface area contributed by atoms with Crippen LogP contribution in [0.3, 0.4) is 0 Å². The van der Waals surface area contributed by atoms with Gasteiger partial charge in [0.05, 0.1) is 0 Å². The van der Waals surface area contributed by atoms with E-state index < -0.39 is 0 Å². The second-order valence-corrected chi connectivity index (χ2v) is 5.57. The zero-order valence-corrected chi connectivity index (χ0v) is 12.9. The van der Waals surface area contributed by atoms with Crippen LogP contribution in [0.25, 0.3) is 6.08 Å². The standard InChI is InChI=1S/C15H11ClINO/c16-12-3-1-2-11(10-12)4-9-15(19)18-14-7-5-13(17)6-8-14/h1-10H,(H,18,19). The quantitative estimate of drug-likeness (QED) is 0.609. The van der Waals surface area contributed by atoms with E-state index in [1.54, 1.807) is 18.2 Å². The molecule has 0 aliphatic heterocycles. The summed E-state index contributed by atoms with van der Waals surface area (Å²) >= 11 is 8.09. The maximum Gasteiger partial charge on any atom is 0.248 e. The molecule has 0 aliphatic carbocycles. The SMILES string of the molecule is O=C(C=Cc1cccc(Cl)c1)Nc1ccc(I)cc1. The van der Waals surface area contributed by atoms with Crippen LogP contribution in [0.5, 0.6) is 0 Å². The monoisotopic (exact) mass is 383 g/mol. The molecule has 0 saturated carbocycles. The van der Waals surface area contributed by atoms with E-state index in [9.17, 15) is 4.79 Å². The number of benzene rings is 2. The maximum absolute atomic E-state index is 11.7. The molecule has 2 aromatic carbocycles. The molecule has 0 radical (unpaired) electrons. The first-order valence-electron chi connectivity index (χ1n) is 5.64. The van der Waals surface area contributed by atoms with E-state index in [-0.39, 0.29) is 5.91 Å². The Bertz CT molecular complexity index is 608. The summed E-state index contributed by atoms with van der Waals surface area (Å²) in [6.07, 6.45) is 3.22. The van der Waals surface area contributed by atoms with E-state index in [1.165, 1.54) is 6.08 Å². The molecular weight excluding hydrogens is 373 g/mol. The molecule has 19 heavy (non-hydrogen) atoms. The molecule has 0 heterocycles. The van der Waals surface area contributed by atoms with Crippen molar-refractivity contribution >= 4 is 51.9 Å². The van der Waals surface area contributed by atoms with Crippen molar-refractivity contribution < 1.29 is 4.79 Å². The molecular formula is C15H11ClINO. The third kappa shape index (κ3) is 4.69. The predicted molar refractivity (Wildman–Crippen MR) is 88.3 cm³/mol. The highest BCUT2D eigenvalue weighted by Gasteiger charge is 1.97. The van der Waals surface area contributed by atoms with Gasteiger partial charge >= 0.3 is 0 Å². The number of halogens is 2. The van der Waals surface area contributed by atoms with E-state index in [0.29, 0.717) is 5.02 Å². The maximum atomic E-state index is 11.7. The number of carbonyl (C=O) groups excluding carboxylic acids is 1. The second-order valence-electron chi connectivity index (χ2n) is 3.88. The van der Waals surface area contributed by atoms with Gasteiger partial charge in [-0.3, -0.25) is 4.79 Å². The van der Waals surface area contributed by atoms with Gasteiger partial charge in [0.15, 0.2) is 0 Å². The molecule has 0 fully saturated rings. The van der Waals surface area contributed by atoms with Crippen LogP contribution in [-0.4, -0.2) is 5.91 Å². The van der Waals surface area contributed by atoms with Crippen LogP contribution < -0.4 is 5.32 Å². The zero-order chi connectivity index (χ0) is 13.7. The lowest BCUT2D eigenvalue weighted by atomic mass is 10.2. The van der Waals surface area contributed by atoms with Crippen molar-refractivity contribution in [3.63, 3.8) is 0 Å². The molecule has 2 rings (SSSR count). The first kappa shape index (κ1) is 14.1. The summed E-state index contributed by atoms with van der Waals surface area (Å²) in [5.41, 5.74) is 1.67. The second kappa shape index (κ2) is 6.73. The molecule has 0 unspecified atom stereocenters. The molecule has 0 aliphatic rings. The third-order valence-electron chi connectivity index (χ3n) is 2.39. The molecule has 0 atom stereocenters. The van der Waals surface area contributed by atoms with E-state index in [4.69, 9.17) is 11.6 Å². The number of hydrogen-bond acceptors (Lipinski definition) is 1. The summed E-state index contributed by atoms with van der Waals surface area (Å²) in [7, 11) is 0. The van der Waals surface area contributed by atoms with Crippen molar-refractivity contribution in [1.82, 2.24) is 0 Å². The van der Waals surface area contributed by atoms with Crippen LogP contribution in [-0.2, 0) is 4.79 Å². The Morgan fingerprint density at radius 1 is 1.16 bits per heavy atom. The van der Waals surface area contributed by atoms with Gasteiger partial charge in [-0.2, -0.15) is 0 Å². The van der Waals surface area contributed by atoms with Crippen molar-refractivity contribution in [1.29, 1.82) is 0 Å². The highest BCUT2D eigenvalue weighted by Crippen LogP contribution is 2.13. The minimum absolute atomic E-state index is 0.166. The minimum Gasteiger partial charge on any atom is -0.323 e. The highest BCUT2D eigenvalue weighted by molar-refractivity contribution is 14.1. The van der Waals surface area contributed by atoms with Gasteiger partial charge in [-0.15, -0.1) is 0 Å². The Kier molecular flexibility index (Phi) is 4.99. The van der Waals surface area contributed by atoms with Gasteiger partial charge < -0.3 is 5.32 Å². The van der Waals surface area contributed by atoms with Crippen LogP contribution in [0.15, 0.2) is 54.6 Å². The average molecular weight is 384 g/mol. The van der Waals surface area contributed by atoms with Gasteiger partial charge in [-0.25, -0.2) is 0 Å². The highest BCUT2D eigenvalue weighted by atomic mass is 127. The van der Waals surface area contributed by atoms with E-state index in [1.807, 2.05) is 36.4 Å². The zero-order valence-electron chi connectivity index (χ0n) is 9.94. The Morgan fingerprint density at radius 2 is 1.89 bits per heavy atom. The van der Waals surface area contributed by atoms with E-state index in [2.05, 4.69) is 27.9 Å². The predicted octanol–water partition coefficient (Wildman–Crippen LogP) is 4.60. The fourth-order valence-corrected chi connectivity index (χ4v) is 2.06. The molecule has 0 aromatic heterocycles. The van der Waals surface area contributed by atoms with Gasteiger partial charge in [-0.1, -0.05) is 23.7 Å². The molecule has 2 nitrogen and oxygen atoms in total. The van der Waals surface area contributed by atoms with Crippen LogP contribution in [0, 0.1) is 3.57 Å². The van der Waals surface area contributed by atoms with Crippen molar-refractivity contribution in [2.24, 2.45) is 0 Å². The summed E-state index contributed by atoms with van der Waals surface area (Å²) in [6.45, 7) is 0. The fraction of sp³-hybridized carbons (Fsp3) is 0. The number of hydrogen-bond donors (Lipinski definition) is 1. The normalized spacial score (nSPS) is 10.6. The lowest BCUT2D eigenvalue weighted by Gasteiger charge is -2.01. The van der Waals surface area contributed by atoms with Crippen LogP contribution in [0.4, 0.5) is 5.69 Å². The summed E-state index contributed by atoms with van der Waals surface area (Å²) in [6, 6.07) is 15.0. The van der Waals surface area contributed by atoms with Crippen LogP contribution in [0.1, 0.15) is 5.56 Å². The third-order valence-corrected chi connectivity index (χ3v) is 3.34. The number of amides is 1. The van der Waals surface area contributed by atoms with Gasteiger partial charge in [0, 0.05) is 20.4 Å². The first-order valence-corrected chi connectivity index (χ1v) is 7.09. The lowest BCUT2D eigenvalue weighted by molar-refractivity contribution is -0.111. The average Bonchev–Trinajstić information content (AvgIpc) is 2.39. The van der Waals surface area contributed by atoms with Gasteiger partial charge in [0.1, 0.15) is 0 Å². The van der Waals surface area contributed by atoms with Crippen molar-refractivity contribution in [2.45, 2.75) is 0 Å². The van der Waals surface area contributed by atoms with Crippen molar-refractivity contribution in [3.8, 4) is 0 Å². The Labute approximate surface area is 130 Å². The molecule has 0 spiro atoms. The van der Waals surface area contributed by atoms with Crippen LogP contribution >= 0.6 is 34.2 Å². The summed E-state index contributed by atoms with van der Waals surface area (Å²) < 4.78 is 1.13. The Morgan fingerprint density at radius 3 is 2.58 bits per heavy atom. The van der Waals surface area contributed by atoms with Gasteiger partial charge in [0.2, 0.25) is 5.91 Å². The summed E-state index contributed by atoms with van der Waals surface area (Å²) in [5, 5.41) is 3.44. The molecule has 1 amide bonds. The molecule has 1 N–H and O–H groups in total. The fourth-order valence-electron chi connectivity index (χ4n) is 1.50. The topological polar surface area (TPSA) is 29.1 Å². The van der Waals surface area contributed by atoms with Gasteiger partial charge in [0.25, 0.3) is 0 Å². The number of carbonyl (C=O) groups is 1. The molecule has 0 saturated heterocycles. The smallest absolute Gasteiger partial charge is 0.248 e. The Hall–Kier alpha value is -1.33. The molecule has 0 bridgehead atoms. The molecule has 96 valence electrons. The van der Waals surface area contributed by atoms with Crippen molar-refractivity contribution in [2.75, 3.05) is 5.32 Å². The summed E-state index contributed by atoms with van der Waals surface area (Å²) in [4.78, 5) is 11.7. The van der Waals surface area contributed by atoms with Crippen molar-refractivity contribution in [3.05, 3.63) is 68.8 Å². The van der Waals surface area contributed by atoms with Gasteiger partial charge in [-0.05, 0) is 70.6 Å². The summed E-state index contributed by atoms with van der Waals surface area (Å²) in [5.74, 6) is -0.166. The minimum atomic E-state index is -0.166. The molecule has 2 aromatic rings. The number of nitrogens with one attached hydrogen (secondary N) is 1. The first-order chi connectivity index (χ1) is 9.13. The largest absolute Gasteiger partial charge is 0.323 e. The number of anilines is 1. The Balaban J connectivity index is 1.99. The van der Waals surface area contributed by atoms with Crippen LogP contribution in [0.2, 0.25) is 5.02 Å². The van der Waals surface area contributed by atoms with E-state index in [0.717, 1.165) is 14.8 Å². The van der Waals surface area contributed by atoms with E-state index >= 15 is 0 Å². The lowest BCUT2D eigenvalue weighted by Crippen LogP contribution is -2.07. The number of rotatable bonds is 3. The molecule has 4 heteroatoms.